The number of fused-ring (bicyclic) bond motifs is 1. The lowest BCUT2D eigenvalue weighted by atomic mass is 10.1. The van der Waals surface area contributed by atoms with E-state index in [1.54, 1.807) is 0 Å². The normalized spacial score (nSPS) is 28.5. The van der Waals surface area contributed by atoms with Crippen LogP contribution in [-0.4, -0.2) is 41.2 Å². The van der Waals surface area contributed by atoms with Crippen LogP contribution >= 0.6 is 0 Å². The van der Waals surface area contributed by atoms with E-state index in [0.717, 1.165) is 24.6 Å². The molecule has 2 heterocycles. The predicted octanol–water partition coefficient (Wildman–Crippen LogP) is 3.99. The number of hydrogen-bond donors (Lipinski definition) is 0. The Balaban J connectivity index is 1.46. The van der Waals surface area contributed by atoms with Crippen LogP contribution in [0.1, 0.15) is 40.2 Å². The molecule has 0 bridgehead atoms. The van der Waals surface area contributed by atoms with Crippen LogP contribution in [0, 0.1) is 24.7 Å². The summed E-state index contributed by atoms with van der Waals surface area (Å²) in [5, 5.41) is 4.45. The number of piperidine rings is 1. The topological polar surface area (TPSA) is 54.4 Å². The van der Waals surface area contributed by atoms with Gasteiger partial charge in [0.2, 0.25) is 5.72 Å². The van der Waals surface area contributed by atoms with Crippen molar-refractivity contribution in [3.05, 3.63) is 29.8 Å². The molecule has 6 nitrogen and oxygen atoms in total. The third-order valence-corrected chi connectivity index (χ3v) is 5.57. The third kappa shape index (κ3) is 3.26. The minimum atomic E-state index is -0.508. The van der Waals surface area contributed by atoms with E-state index in [2.05, 4.69) is 41.2 Å². The van der Waals surface area contributed by atoms with Crippen molar-refractivity contribution >= 4 is 17.6 Å². The number of likely N-dealkylation sites (tertiary alicyclic amines) is 1. The maximum atomic E-state index is 12.3. The summed E-state index contributed by atoms with van der Waals surface area (Å²) in [6, 6.07) is 8.46. The number of ether oxygens (including phenoxy) is 1. The Labute approximate surface area is 161 Å². The molecule has 2 fully saturated rings. The highest BCUT2D eigenvalue weighted by atomic mass is 16.7. The molecule has 1 aromatic rings. The molecule has 6 heteroatoms. The van der Waals surface area contributed by atoms with Gasteiger partial charge in [-0.05, 0) is 65.5 Å². The zero-order valence-electron chi connectivity index (χ0n) is 17.0. The van der Waals surface area contributed by atoms with Gasteiger partial charge in [0, 0.05) is 24.7 Å². The molecule has 0 aromatic heterocycles. The van der Waals surface area contributed by atoms with E-state index < -0.39 is 11.3 Å². The molecule has 1 unspecified atom stereocenters. The fourth-order valence-electron chi connectivity index (χ4n) is 4.25. The van der Waals surface area contributed by atoms with E-state index in [-0.39, 0.29) is 6.09 Å². The van der Waals surface area contributed by atoms with Crippen LogP contribution in [0.2, 0.25) is 0 Å². The molecule has 0 N–H and O–H groups in total. The summed E-state index contributed by atoms with van der Waals surface area (Å²) >= 11 is 0. The molecule has 2 aliphatic heterocycles. The van der Waals surface area contributed by atoms with Crippen molar-refractivity contribution in [1.82, 2.24) is 4.90 Å². The summed E-state index contributed by atoms with van der Waals surface area (Å²) < 4.78 is 5.51. The van der Waals surface area contributed by atoms with Crippen molar-refractivity contribution in [2.45, 2.75) is 52.9 Å². The molecule has 4 rings (SSSR count). The average molecular weight is 371 g/mol. The van der Waals surface area contributed by atoms with Gasteiger partial charge < -0.3 is 14.5 Å². The Kier molecular flexibility index (Phi) is 3.95. The van der Waals surface area contributed by atoms with Crippen LogP contribution in [0.3, 0.4) is 0 Å². The summed E-state index contributed by atoms with van der Waals surface area (Å²) in [7, 11) is 0. The zero-order valence-corrected chi connectivity index (χ0v) is 17.0. The van der Waals surface area contributed by atoms with Gasteiger partial charge in [-0.25, -0.2) is 4.79 Å². The van der Waals surface area contributed by atoms with Crippen molar-refractivity contribution in [1.29, 1.82) is 0 Å². The second kappa shape index (κ2) is 5.88. The van der Waals surface area contributed by atoms with Crippen LogP contribution in [-0.2, 0) is 9.57 Å². The molecule has 3 atom stereocenters. The number of anilines is 1. The molecular weight excluding hydrogens is 342 g/mol. The van der Waals surface area contributed by atoms with Gasteiger partial charge in [-0.1, -0.05) is 22.9 Å². The predicted molar refractivity (Wildman–Crippen MR) is 105 cm³/mol. The lowest BCUT2D eigenvalue weighted by Gasteiger charge is -2.32. The van der Waals surface area contributed by atoms with Crippen molar-refractivity contribution in [3.8, 4) is 0 Å². The number of aryl methyl sites for hydroxylation is 1. The Morgan fingerprint density at radius 3 is 2.33 bits per heavy atom. The molecular formula is C21H29N3O3. The highest BCUT2D eigenvalue weighted by molar-refractivity contribution is 6.03. The molecule has 27 heavy (non-hydrogen) atoms. The minimum absolute atomic E-state index is 0.214. The SMILES string of the molecule is Cc1ccc(N2C(C3[C@H]4CN(C(=O)OC(C)(C)C)C[C@@H]34)=NOC2(C)C)cc1. The van der Waals surface area contributed by atoms with Gasteiger partial charge in [-0.2, -0.15) is 0 Å². The number of amides is 1. The van der Waals surface area contributed by atoms with Gasteiger partial charge in [0.15, 0.2) is 5.84 Å². The summed E-state index contributed by atoms with van der Waals surface area (Å²) in [6.07, 6.45) is -0.214. The van der Waals surface area contributed by atoms with E-state index in [4.69, 9.17) is 9.57 Å². The fraction of sp³-hybridized carbons (Fsp3) is 0.619. The molecule has 1 saturated carbocycles. The second-order valence-electron chi connectivity index (χ2n) is 9.40. The summed E-state index contributed by atoms with van der Waals surface area (Å²) in [4.78, 5) is 22.1. The van der Waals surface area contributed by atoms with Crippen molar-refractivity contribution in [3.63, 3.8) is 0 Å². The van der Waals surface area contributed by atoms with Crippen molar-refractivity contribution in [2.24, 2.45) is 22.9 Å². The van der Waals surface area contributed by atoms with E-state index in [9.17, 15) is 4.79 Å². The van der Waals surface area contributed by atoms with Gasteiger partial charge in [0.1, 0.15) is 5.60 Å². The van der Waals surface area contributed by atoms with Crippen molar-refractivity contribution in [2.75, 3.05) is 18.0 Å². The van der Waals surface area contributed by atoms with Gasteiger partial charge >= 0.3 is 6.09 Å². The molecule has 1 amide bonds. The van der Waals surface area contributed by atoms with Crippen LogP contribution in [0.4, 0.5) is 10.5 Å². The Bertz CT molecular complexity index is 767. The highest BCUT2D eigenvalue weighted by Gasteiger charge is 2.62. The monoisotopic (exact) mass is 371 g/mol. The van der Waals surface area contributed by atoms with E-state index >= 15 is 0 Å². The van der Waals surface area contributed by atoms with Crippen molar-refractivity contribution < 1.29 is 14.4 Å². The Morgan fingerprint density at radius 1 is 1.19 bits per heavy atom. The van der Waals surface area contributed by atoms with Crippen LogP contribution in [0.5, 0.6) is 0 Å². The standard InChI is InChI=1S/C21H29N3O3/c1-13-7-9-14(10-8-13)24-18(22-27-21(24,5)6)17-15-11-23(12-16(15)17)19(25)26-20(2,3)4/h7-10,15-17H,11-12H2,1-6H3/t15-,16+,17?. The van der Waals surface area contributed by atoms with Gasteiger partial charge in [0.25, 0.3) is 0 Å². The number of nitrogens with zero attached hydrogens (tertiary/aromatic N) is 3. The quantitative estimate of drug-likeness (QED) is 0.789. The molecule has 3 aliphatic rings. The number of rotatable bonds is 2. The molecule has 1 aliphatic carbocycles. The maximum absolute atomic E-state index is 12.3. The number of amidine groups is 1. The molecule has 1 saturated heterocycles. The first-order valence-electron chi connectivity index (χ1n) is 9.68. The summed E-state index contributed by atoms with van der Waals surface area (Å²) in [5.74, 6) is 2.19. The molecule has 0 radical (unpaired) electrons. The smallest absolute Gasteiger partial charge is 0.410 e. The van der Waals surface area contributed by atoms with Gasteiger partial charge in [-0.3, -0.25) is 4.90 Å². The summed E-state index contributed by atoms with van der Waals surface area (Å²) in [5.41, 5.74) is 1.35. The van der Waals surface area contributed by atoms with Gasteiger partial charge in [0.05, 0.1) is 0 Å². The third-order valence-electron chi connectivity index (χ3n) is 5.57. The minimum Gasteiger partial charge on any atom is -0.444 e. The first-order chi connectivity index (χ1) is 12.6. The molecule has 1 aromatic carbocycles. The van der Waals surface area contributed by atoms with Crippen LogP contribution < -0.4 is 4.90 Å². The maximum Gasteiger partial charge on any atom is 0.410 e. The summed E-state index contributed by atoms with van der Waals surface area (Å²) in [6.45, 7) is 13.3. The number of carbonyl (C=O) groups excluding carboxylic acids is 1. The molecule has 0 spiro atoms. The van der Waals surface area contributed by atoms with Crippen LogP contribution in [0.15, 0.2) is 29.4 Å². The van der Waals surface area contributed by atoms with E-state index in [0.29, 0.717) is 17.8 Å². The van der Waals surface area contributed by atoms with E-state index in [1.807, 2.05) is 39.5 Å². The van der Waals surface area contributed by atoms with E-state index in [1.165, 1.54) is 5.56 Å². The largest absolute Gasteiger partial charge is 0.444 e. The lowest BCUT2D eigenvalue weighted by molar-refractivity contribution is 0.0138. The first-order valence-corrected chi connectivity index (χ1v) is 9.68. The highest BCUT2D eigenvalue weighted by Crippen LogP contribution is 2.55. The molecule has 146 valence electrons. The number of hydrogen-bond acceptors (Lipinski definition) is 5. The fourth-order valence-corrected chi connectivity index (χ4v) is 4.25. The first kappa shape index (κ1) is 18.1. The lowest BCUT2D eigenvalue weighted by Crippen LogP contribution is -2.46. The number of oxime groups is 1. The Hall–Kier alpha value is -2.24. The number of carbonyl (C=O) groups is 1. The number of benzene rings is 1. The zero-order chi connectivity index (χ0) is 19.6. The van der Waals surface area contributed by atoms with Gasteiger partial charge in [-0.15, -0.1) is 0 Å². The second-order valence-corrected chi connectivity index (χ2v) is 9.40. The Morgan fingerprint density at radius 2 is 1.78 bits per heavy atom. The van der Waals surface area contributed by atoms with Crippen LogP contribution in [0.25, 0.3) is 0 Å². The average Bonchev–Trinajstić information content (AvgIpc) is 2.89.